The highest BCUT2D eigenvalue weighted by Crippen LogP contribution is 2.22. The summed E-state index contributed by atoms with van der Waals surface area (Å²) in [5.74, 6) is 3.41. The quantitative estimate of drug-likeness (QED) is 0.914. The molecule has 5 heteroatoms. The van der Waals surface area contributed by atoms with Crippen LogP contribution in [0.25, 0.3) is 0 Å². The second-order valence-electron chi connectivity index (χ2n) is 5.93. The molecule has 1 fully saturated rings. The van der Waals surface area contributed by atoms with Gasteiger partial charge in [-0.25, -0.2) is 4.98 Å². The Bertz CT molecular complexity index is 576. The molecular formula is C16H23N3O2. The van der Waals surface area contributed by atoms with Crippen LogP contribution in [0.5, 0.6) is 0 Å². The minimum atomic E-state index is -0.0260. The Morgan fingerprint density at radius 2 is 2.24 bits per heavy atom. The highest BCUT2D eigenvalue weighted by Gasteiger charge is 2.22. The van der Waals surface area contributed by atoms with Gasteiger partial charge in [0.2, 0.25) is 0 Å². The van der Waals surface area contributed by atoms with Gasteiger partial charge < -0.3 is 14.1 Å². The van der Waals surface area contributed by atoms with E-state index in [1.54, 1.807) is 0 Å². The Labute approximate surface area is 125 Å². The molecule has 1 saturated heterocycles. The number of piperidine rings is 1. The fourth-order valence-corrected chi connectivity index (χ4v) is 3.13. The van der Waals surface area contributed by atoms with Crippen LogP contribution in [0.4, 0.5) is 0 Å². The molecule has 0 aromatic carbocycles. The number of aliphatic hydroxyl groups is 1. The molecule has 3 heterocycles. The zero-order valence-corrected chi connectivity index (χ0v) is 12.5. The fourth-order valence-electron chi connectivity index (χ4n) is 3.13. The highest BCUT2D eigenvalue weighted by molar-refractivity contribution is 5.06. The van der Waals surface area contributed by atoms with E-state index in [4.69, 9.17) is 9.52 Å². The lowest BCUT2D eigenvalue weighted by Gasteiger charge is -2.32. The van der Waals surface area contributed by atoms with Crippen LogP contribution in [-0.4, -0.2) is 32.6 Å². The second kappa shape index (κ2) is 6.45. The van der Waals surface area contributed by atoms with Gasteiger partial charge in [0.05, 0.1) is 6.54 Å². The Morgan fingerprint density at radius 1 is 1.38 bits per heavy atom. The summed E-state index contributed by atoms with van der Waals surface area (Å²) in [4.78, 5) is 6.87. The Kier molecular flexibility index (Phi) is 4.41. The number of likely N-dealkylation sites (tertiary alicyclic amines) is 1. The lowest BCUT2D eigenvalue weighted by atomic mass is 9.94. The molecule has 0 spiro atoms. The van der Waals surface area contributed by atoms with Crippen LogP contribution < -0.4 is 0 Å². The molecule has 1 N–H and O–H groups in total. The molecule has 114 valence electrons. The van der Waals surface area contributed by atoms with Crippen molar-refractivity contribution in [3.63, 3.8) is 0 Å². The number of nitrogens with zero attached hydrogens (tertiary/aromatic N) is 3. The van der Waals surface area contributed by atoms with Crippen molar-refractivity contribution in [2.45, 2.75) is 32.4 Å². The molecule has 0 saturated carbocycles. The molecule has 0 unspecified atom stereocenters. The van der Waals surface area contributed by atoms with E-state index in [2.05, 4.69) is 21.5 Å². The molecule has 0 bridgehead atoms. The molecule has 1 atom stereocenters. The first kappa shape index (κ1) is 14.4. The van der Waals surface area contributed by atoms with Gasteiger partial charge in [0.15, 0.2) is 0 Å². The number of rotatable bonds is 5. The summed E-state index contributed by atoms with van der Waals surface area (Å²) in [5, 5.41) is 9.05. The number of hydrogen-bond acceptors (Lipinski definition) is 4. The zero-order valence-electron chi connectivity index (χ0n) is 12.5. The standard InChI is InChI=1S/C16H23N3O2/c1-18-8-6-17-16(18)9-13-3-2-7-19(10-13)11-14-4-5-15(12-20)21-14/h4-6,8,13,20H,2-3,7,9-12H2,1H3/t13-/m1/s1. The first-order chi connectivity index (χ1) is 10.2. The van der Waals surface area contributed by atoms with Crippen molar-refractivity contribution in [1.82, 2.24) is 14.5 Å². The number of aryl methyl sites for hydroxylation is 1. The van der Waals surface area contributed by atoms with Gasteiger partial charge in [0.1, 0.15) is 24.0 Å². The summed E-state index contributed by atoms with van der Waals surface area (Å²) in [7, 11) is 2.06. The molecule has 1 aliphatic rings. The van der Waals surface area contributed by atoms with Crippen LogP contribution in [0.15, 0.2) is 28.9 Å². The van der Waals surface area contributed by atoms with Crippen molar-refractivity contribution in [2.24, 2.45) is 13.0 Å². The molecular weight excluding hydrogens is 266 g/mol. The lowest BCUT2D eigenvalue weighted by molar-refractivity contribution is 0.152. The van der Waals surface area contributed by atoms with Crippen molar-refractivity contribution in [2.75, 3.05) is 13.1 Å². The molecule has 2 aromatic heterocycles. The van der Waals surface area contributed by atoms with E-state index in [1.807, 2.05) is 24.5 Å². The van der Waals surface area contributed by atoms with Crippen molar-refractivity contribution in [3.05, 3.63) is 41.9 Å². The van der Waals surface area contributed by atoms with E-state index in [-0.39, 0.29) is 6.61 Å². The largest absolute Gasteiger partial charge is 0.462 e. The minimum absolute atomic E-state index is 0.0260. The van der Waals surface area contributed by atoms with Gasteiger partial charge in [-0.1, -0.05) is 0 Å². The first-order valence-corrected chi connectivity index (χ1v) is 7.61. The van der Waals surface area contributed by atoms with Crippen LogP contribution >= 0.6 is 0 Å². The van der Waals surface area contributed by atoms with Crippen molar-refractivity contribution < 1.29 is 9.52 Å². The van der Waals surface area contributed by atoms with Crippen LogP contribution in [0.3, 0.4) is 0 Å². The van der Waals surface area contributed by atoms with Gasteiger partial charge in [0.25, 0.3) is 0 Å². The molecule has 0 radical (unpaired) electrons. The van der Waals surface area contributed by atoms with E-state index >= 15 is 0 Å². The number of imidazole rings is 1. The zero-order chi connectivity index (χ0) is 14.7. The third kappa shape index (κ3) is 3.54. The smallest absolute Gasteiger partial charge is 0.129 e. The van der Waals surface area contributed by atoms with Gasteiger partial charge in [-0.15, -0.1) is 0 Å². The number of aromatic nitrogens is 2. The number of aliphatic hydroxyl groups excluding tert-OH is 1. The molecule has 3 rings (SSSR count). The van der Waals surface area contributed by atoms with Crippen LogP contribution in [0, 0.1) is 5.92 Å². The Hall–Kier alpha value is -1.59. The predicted octanol–water partition coefficient (Wildman–Crippen LogP) is 1.96. The number of furan rings is 1. The van der Waals surface area contributed by atoms with Crippen LogP contribution in [0.2, 0.25) is 0 Å². The summed E-state index contributed by atoms with van der Waals surface area (Å²) >= 11 is 0. The SMILES string of the molecule is Cn1ccnc1C[C@H]1CCCN(Cc2ccc(CO)o2)C1. The van der Waals surface area contributed by atoms with Gasteiger partial charge in [-0.2, -0.15) is 0 Å². The molecule has 1 aliphatic heterocycles. The average molecular weight is 289 g/mol. The maximum Gasteiger partial charge on any atom is 0.129 e. The maximum absolute atomic E-state index is 9.05. The Morgan fingerprint density at radius 3 is 2.95 bits per heavy atom. The van der Waals surface area contributed by atoms with Crippen molar-refractivity contribution in [1.29, 1.82) is 0 Å². The van der Waals surface area contributed by atoms with Crippen LogP contribution in [-0.2, 0) is 26.6 Å². The summed E-state index contributed by atoms with van der Waals surface area (Å²) in [6.45, 7) is 3.01. The molecule has 5 nitrogen and oxygen atoms in total. The minimum Gasteiger partial charge on any atom is -0.462 e. The summed E-state index contributed by atoms with van der Waals surface area (Å²) in [5.41, 5.74) is 0. The third-order valence-corrected chi connectivity index (χ3v) is 4.25. The van der Waals surface area contributed by atoms with Crippen molar-refractivity contribution in [3.8, 4) is 0 Å². The van der Waals surface area contributed by atoms with E-state index in [1.165, 1.54) is 18.7 Å². The monoisotopic (exact) mass is 289 g/mol. The maximum atomic E-state index is 9.05. The van der Waals surface area contributed by atoms with E-state index in [0.29, 0.717) is 11.7 Å². The highest BCUT2D eigenvalue weighted by atomic mass is 16.4. The summed E-state index contributed by atoms with van der Waals surface area (Å²) in [6.07, 6.45) is 7.41. The van der Waals surface area contributed by atoms with E-state index in [0.717, 1.165) is 31.8 Å². The summed E-state index contributed by atoms with van der Waals surface area (Å²) < 4.78 is 7.70. The van der Waals surface area contributed by atoms with Gasteiger partial charge in [-0.05, 0) is 37.4 Å². The van der Waals surface area contributed by atoms with Crippen LogP contribution in [0.1, 0.15) is 30.2 Å². The first-order valence-electron chi connectivity index (χ1n) is 7.61. The molecule has 21 heavy (non-hydrogen) atoms. The van der Waals surface area contributed by atoms with Gasteiger partial charge in [-0.3, -0.25) is 4.90 Å². The lowest BCUT2D eigenvalue weighted by Crippen LogP contribution is -2.36. The molecule has 0 amide bonds. The van der Waals surface area contributed by atoms with E-state index < -0.39 is 0 Å². The third-order valence-electron chi connectivity index (χ3n) is 4.25. The average Bonchev–Trinajstić information content (AvgIpc) is 3.09. The van der Waals surface area contributed by atoms with Gasteiger partial charge >= 0.3 is 0 Å². The molecule has 0 aliphatic carbocycles. The molecule has 2 aromatic rings. The predicted molar refractivity (Wildman–Crippen MR) is 79.5 cm³/mol. The van der Waals surface area contributed by atoms with Crippen molar-refractivity contribution >= 4 is 0 Å². The number of hydrogen-bond donors (Lipinski definition) is 1. The van der Waals surface area contributed by atoms with Gasteiger partial charge in [0, 0.05) is 32.4 Å². The normalized spacial score (nSPS) is 20.0. The Balaban J connectivity index is 1.56. The fraction of sp³-hybridized carbons (Fsp3) is 0.562. The topological polar surface area (TPSA) is 54.4 Å². The van der Waals surface area contributed by atoms with E-state index in [9.17, 15) is 0 Å². The summed E-state index contributed by atoms with van der Waals surface area (Å²) in [6, 6.07) is 3.82. The second-order valence-corrected chi connectivity index (χ2v) is 5.93.